The van der Waals surface area contributed by atoms with Gasteiger partial charge in [-0.3, -0.25) is 14.2 Å². The maximum Gasteiger partial charge on any atom is 0.267 e. The molecule has 1 aliphatic rings. The molecule has 1 rings (SSSR count). The molecule has 176 valence electrons. The van der Waals surface area contributed by atoms with Crippen molar-refractivity contribution in [3.63, 3.8) is 0 Å². The Kier molecular flexibility index (Phi) is 13.7. The van der Waals surface area contributed by atoms with Gasteiger partial charge in [-0.1, -0.05) is 52.4 Å². The number of hydrogen-bond acceptors (Lipinski definition) is 6. The number of phosphoric ester groups is 1. The molecule has 1 unspecified atom stereocenters. The lowest BCUT2D eigenvalue weighted by molar-refractivity contribution is -0.226. The number of carbonyl (C=O) groups is 2. The molecule has 8 heteroatoms. The van der Waals surface area contributed by atoms with Gasteiger partial charge in [-0.05, 0) is 32.1 Å². The zero-order chi connectivity index (χ0) is 22.4. The predicted octanol–water partition coefficient (Wildman–Crippen LogP) is 4.63. The summed E-state index contributed by atoms with van der Waals surface area (Å²) < 4.78 is 21.2. The van der Waals surface area contributed by atoms with Gasteiger partial charge in [-0.15, -0.1) is 0 Å². The zero-order valence-electron chi connectivity index (χ0n) is 19.1. The molecule has 0 N–H and O–H groups in total. The van der Waals surface area contributed by atoms with Gasteiger partial charge in [-0.2, -0.15) is 0 Å². The van der Waals surface area contributed by atoms with Crippen molar-refractivity contribution in [1.82, 2.24) is 4.90 Å². The van der Waals surface area contributed by atoms with E-state index < -0.39 is 7.82 Å². The molecule has 1 fully saturated rings. The van der Waals surface area contributed by atoms with Gasteiger partial charge >= 0.3 is 0 Å². The molecule has 0 saturated carbocycles. The van der Waals surface area contributed by atoms with Crippen molar-refractivity contribution >= 4 is 19.5 Å². The highest BCUT2D eigenvalue weighted by Gasteiger charge is 2.33. The topological polar surface area (TPSA) is 96.0 Å². The largest absolute Gasteiger partial charge is 0.756 e. The van der Waals surface area contributed by atoms with Gasteiger partial charge in [0.1, 0.15) is 5.78 Å². The molecular formula is C22H41NO6P-. The van der Waals surface area contributed by atoms with Gasteiger partial charge in [0.05, 0.1) is 19.3 Å². The quantitative estimate of drug-likeness (QED) is 0.182. The molecule has 1 saturated heterocycles. The van der Waals surface area contributed by atoms with E-state index in [1.807, 2.05) is 6.92 Å². The fourth-order valence-electron chi connectivity index (χ4n) is 3.97. The van der Waals surface area contributed by atoms with Crippen LogP contribution in [0.3, 0.4) is 0 Å². The summed E-state index contributed by atoms with van der Waals surface area (Å²) in [7, 11) is -4.28. The minimum Gasteiger partial charge on any atom is -0.756 e. The summed E-state index contributed by atoms with van der Waals surface area (Å²) in [6.07, 6.45) is 11.3. The summed E-state index contributed by atoms with van der Waals surface area (Å²) in [5.74, 6) is 0.788. The van der Waals surface area contributed by atoms with Crippen LogP contribution in [0.1, 0.15) is 97.8 Å². The predicted molar refractivity (Wildman–Crippen MR) is 116 cm³/mol. The smallest absolute Gasteiger partial charge is 0.267 e. The molecule has 0 aromatic heterocycles. The minimum absolute atomic E-state index is 0.0271. The van der Waals surface area contributed by atoms with E-state index in [0.717, 1.165) is 44.9 Å². The molecule has 1 aliphatic heterocycles. The highest BCUT2D eigenvalue weighted by atomic mass is 31.2. The Morgan fingerprint density at radius 1 is 1.10 bits per heavy atom. The van der Waals surface area contributed by atoms with Crippen LogP contribution in [-0.2, 0) is 23.2 Å². The SMILES string of the molecule is CCOP(=O)([O-])[18O]C[C@@H]1C[C@@H](C)CN1C(=O)CCCCCCCCCCC(=[18O])CC. The number of unbranched alkanes of at least 4 members (excludes halogenated alkanes) is 7. The van der Waals surface area contributed by atoms with E-state index in [4.69, 9.17) is 4.52 Å². The molecule has 0 bridgehead atoms. The van der Waals surface area contributed by atoms with Gasteiger partial charge in [0, 0.05) is 25.8 Å². The Morgan fingerprint density at radius 2 is 1.67 bits per heavy atom. The normalized spacial score (nSPS) is 21.0. The van der Waals surface area contributed by atoms with Crippen molar-refractivity contribution in [2.75, 3.05) is 19.8 Å². The molecule has 0 aromatic rings. The van der Waals surface area contributed by atoms with Crippen molar-refractivity contribution in [3.8, 4) is 0 Å². The van der Waals surface area contributed by atoms with Gasteiger partial charge in [0.2, 0.25) is 5.91 Å². The number of rotatable bonds is 17. The molecule has 7 nitrogen and oxygen atoms in total. The fraction of sp³-hybridized carbons (Fsp3) is 0.909. The molecular weight excluding hydrogens is 409 g/mol. The molecule has 1 amide bonds. The molecule has 0 aromatic carbocycles. The van der Waals surface area contributed by atoms with Crippen LogP contribution >= 0.6 is 7.82 Å². The third kappa shape index (κ3) is 11.6. The van der Waals surface area contributed by atoms with Crippen LogP contribution < -0.4 is 4.89 Å². The molecule has 0 radical (unpaired) electrons. The fourth-order valence-corrected chi connectivity index (χ4v) is 4.71. The third-order valence-electron chi connectivity index (χ3n) is 5.65. The summed E-state index contributed by atoms with van der Waals surface area (Å²) in [5.41, 5.74) is 0. The summed E-state index contributed by atoms with van der Waals surface area (Å²) in [4.78, 5) is 37.2. The van der Waals surface area contributed by atoms with Crippen molar-refractivity contribution in [2.45, 2.75) is 104 Å². The monoisotopic (exact) mass is 450 g/mol. The van der Waals surface area contributed by atoms with E-state index in [1.165, 1.54) is 19.3 Å². The molecule has 1 heterocycles. The third-order valence-corrected chi connectivity index (χ3v) is 6.69. The van der Waals surface area contributed by atoms with Gasteiger partial charge in [0.15, 0.2) is 0 Å². The number of ketones is 1. The highest BCUT2D eigenvalue weighted by Crippen LogP contribution is 2.39. The minimum atomic E-state index is -4.28. The van der Waals surface area contributed by atoms with E-state index in [1.54, 1.807) is 11.8 Å². The van der Waals surface area contributed by atoms with Crippen LogP contribution in [0.25, 0.3) is 0 Å². The Bertz CT molecular complexity index is 556. The highest BCUT2D eigenvalue weighted by molar-refractivity contribution is 7.45. The number of amides is 1. The second kappa shape index (κ2) is 15.1. The van der Waals surface area contributed by atoms with Crippen molar-refractivity contribution in [3.05, 3.63) is 0 Å². The molecule has 3 atom stereocenters. The van der Waals surface area contributed by atoms with E-state index in [-0.39, 0.29) is 25.2 Å². The van der Waals surface area contributed by atoms with Crippen molar-refractivity contribution in [1.29, 1.82) is 0 Å². The average molecular weight is 451 g/mol. The molecule has 0 aliphatic carbocycles. The Hall–Kier alpha value is -0.750. The number of phosphoric acid groups is 1. The van der Waals surface area contributed by atoms with Gasteiger partial charge in [0.25, 0.3) is 7.82 Å². The Labute approximate surface area is 182 Å². The van der Waals surface area contributed by atoms with Gasteiger partial charge in [-0.25, -0.2) is 0 Å². The summed E-state index contributed by atoms with van der Waals surface area (Å²) in [5, 5.41) is 0. The van der Waals surface area contributed by atoms with Crippen LogP contribution in [0.15, 0.2) is 0 Å². The van der Waals surface area contributed by atoms with Crippen LogP contribution in [0.5, 0.6) is 0 Å². The van der Waals surface area contributed by atoms with Crippen LogP contribution in [-0.4, -0.2) is 42.4 Å². The first-order chi connectivity index (χ1) is 14.3. The van der Waals surface area contributed by atoms with E-state index in [2.05, 4.69) is 11.4 Å². The Morgan fingerprint density at radius 3 is 2.23 bits per heavy atom. The number of nitrogens with zero attached hydrogens (tertiary/aromatic N) is 1. The van der Waals surface area contributed by atoms with E-state index >= 15 is 0 Å². The number of hydrogen-bond donors (Lipinski definition) is 0. The van der Waals surface area contributed by atoms with E-state index in [9.17, 15) is 19.0 Å². The second-order valence-electron chi connectivity index (χ2n) is 8.42. The summed E-state index contributed by atoms with van der Waals surface area (Å²) in [6.45, 7) is 6.25. The lowest BCUT2D eigenvalue weighted by Gasteiger charge is -2.28. The first kappa shape index (κ1) is 27.3. The molecule has 30 heavy (non-hydrogen) atoms. The van der Waals surface area contributed by atoms with Crippen LogP contribution in [0.2, 0.25) is 0 Å². The maximum absolute atomic E-state index is 12.6. The lowest BCUT2D eigenvalue weighted by Crippen LogP contribution is -2.38. The molecule has 0 spiro atoms. The summed E-state index contributed by atoms with van der Waals surface area (Å²) >= 11 is 0. The average Bonchev–Trinajstić information content (AvgIpc) is 3.08. The second-order valence-corrected chi connectivity index (χ2v) is 9.83. The van der Waals surface area contributed by atoms with Gasteiger partial charge < -0.3 is 18.8 Å². The maximum atomic E-state index is 12.6. The van der Waals surface area contributed by atoms with Crippen LogP contribution in [0, 0.1) is 5.92 Å². The number of carbonyl (C=O) groups excluding carboxylic acids is 2. The summed E-state index contributed by atoms with van der Waals surface area (Å²) in [6, 6.07) is -0.199. The van der Waals surface area contributed by atoms with E-state index in [0.29, 0.717) is 31.1 Å². The zero-order valence-corrected chi connectivity index (χ0v) is 20.0. The number of likely N-dealkylation sites (tertiary alicyclic amines) is 1. The van der Waals surface area contributed by atoms with Crippen molar-refractivity contribution in [2.24, 2.45) is 5.92 Å². The van der Waals surface area contributed by atoms with Crippen molar-refractivity contribution < 1.29 is 28.1 Å². The Balaban J connectivity index is 2.16. The first-order valence-corrected chi connectivity index (χ1v) is 13.2. The van der Waals surface area contributed by atoms with Crippen LogP contribution in [0.4, 0.5) is 0 Å². The standard InChI is InChI=1S/C22H42NO6P/c1-4-21(24)14-12-10-8-6-7-9-11-13-15-22(25)23-17-19(3)16-20(23)18-29-30(26,27)28-5-2/h19-20H,4-18H2,1-3H3,(H,26,27)/p-1/t19-,20+/m1/s1/i24+2,29+2. The lowest BCUT2D eigenvalue weighted by atomic mass is 10.0. The first-order valence-electron chi connectivity index (χ1n) is 11.7. The number of Topliss-reactive ketones (excluding diaryl/α,β-unsaturated/α-hetero) is 1.